The van der Waals surface area contributed by atoms with Crippen molar-refractivity contribution in [1.29, 1.82) is 0 Å². The normalized spacial score (nSPS) is 15.1. The molecule has 2 N–H and O–H groups in total. The number of halogens is 4. The van der Waals surface area contributed by atoms with Gasteiger partial charge in [0.2, 0.25) is 0 Å². The number of anilines is 1. The van der Waals surface area contributed by atoms with Gasteiger partial charge in [-0.25, -0.2) is 13.2 Å². The van der Waals surface area contributed by atoms with Crippen molar-refractivity contribution in [1.82, 2.24) is 4.72 Å². The number of carbonyl (C=O) groups excluding carboxylic acids is 1. The lowest BCUT2D eigenvalue weighted by atomic mass is 9.77. The molecule has 0 unspecified atom stereocenters. The first-order valence-electron chi connectivity index (χ1n) is 9.03. The summed E-state index contributed by atoms with van der Waals surface area (Å²) in [7, 11) is 0. The van der Waals surface area contributed by atoms with Crippen LogP contribution < -0.4 is 10.0 Å². The topological polar surface area (TPSA) is 50.4 Å². The van der Waals surface area contributed by atoms with Gasteiger partial charge in [-0.2, -0.15) is 0 Å². The van der Waals surface area contributed by atoms with E-state index in [1.54, 1.807) is 12.1 Å². The third kappa shape index (κ3) is 5.25. The number of amides is 1. The third-order valence-corrected chi connectivity index (χ3v) is 5.65. The molecular formula is C20H20ClF3N2O2S. The van der Waals surface area contributed by atoms with Crippen LogP contribution in [0, 0.1) is 22.9 Å². The molecule has 29 heavy (non-hydrogen) atoms. The molecule has 0 spiro atoms. The SMILES string of the molecule is O=C(Nc1cc(F)c(F)c(F)c1)c1ccc(Cl)c(CCC2(CCNS)COC2)c1. The minimum Gasteiger partial charge on any atom is -0.380 e. The van der Waals surface area contributed by atoms with Gasteiger partial charge in [-0.3, -0.25) is 9.52 Å². The highest BCUT2D eigenvalue weighted by atomic mass is 35.5. The molecule has 0 aliphatic carbocycles. The van der Waals surface area contributed by atoms with Crippen LogP contribution in [0.4, 0.5) is 18.9 Å². The molecule has 156 valence electrons. The fourth-order valence-electron chi connectivity index (χ4n) is 3.26. The van der Waals surface area contributed by atoms with Gasteiger partial charge in [0.1, 0.15) is 0 Å². The fourth-order valence-corrected chi connectivity index (χ4v) is 3.59. The first-order valence-corrected chi connectivity index (χ1v) is 9.85. The number of nitrogens with one attached hydrogen (secondary N) is 2. The molecule has 3 rings (SSSR count). The predicted octanol–water partition coefficient (Wildman–Crippen LogP) is 4.78. The second-order valence-electron chi connectivity index (χ2n) is 7.17. The standard InChI is InChI=1S/C20H20ClF3N2O2S/c21-15-2-1-13(19(27)26-14-8-16(22)18(24)17(23)9-14)7-12(15)3-4-20(5-6-25-29)10-28-11-20/h1-2,7-9,25,29H,3-6,10-11H2,(H,26,27). The highest BCUT2D eigenvalue weighted by Crippen LogP contribution is 2.37. The lowest BCUT2D eigenvalue weighted by Crippen LogP contribution is -2.44. The Labute approximate surface area is 177 Å². The number of aryl methyl sites for hydroxylation is 1. The van der Waals surface area contributed by atoms with Crippen LogP contribution in [0.5, 0.6) is 0 Å². The zero-order chi connectivity index (χ0) is 21.0. The van der Waals surface area contributed by atoms with Gasteiger partial charge < -0.3 is 10.1 Å². The van der Waals surface area contributed by atoms with E-state index < -0.39 is 23.4 Å². The van der Waals surface area contributed by atoms with Gasteiger partial charge in [0.15, 0.2) is 17.5 Å². The lowest BCUT2D eigenvalue weighted by molar-refractivity contribution is -0.120. The first-order chi connectivity index (χ1) is 13.8. The Morgan fingerprint density at radius 3 is 2.41 bits per heavy atom. The summed E-state index contributed by atoms with van der Waals surface area (Å²) in [5.41, 5.74) is 0.958. The summed E-state index contributed by atoms with van der Waals surface area (Å²) in [6, 6.07) is 6.23. The maximum absolute atomic E-state index is 13.3. The Hall–Kier alpha value is -1.74. The summed E-state index contributed by atoms with van der Waals surface area (Å²) >= 11 is 10.3. The van der Waals surface area contributed by atoms with E-state index in [9.17, 15) is 18.0 Å². The van der Waals surface area contributed by atoms with Gasteiger partial charge in [-0.15, -0.1) is 0 Å². The molecule has 1 fully saturated rings. The molecule has 0 radical (unpaired) electrons. The van der Waals surface area contributed by atoms with Gasteiger partial charge in [-0.1, -0.05) is 24.4 Å². The molecule has 0 bridgehead atoms. The van der Waals surface area contributed by atoms with Gasteiger partial charge in [0, 0.05) is 40.4 Å². The van der Waals surface area contributed by atoms with Gasteiger partial charge in [0.05, 0.1) is 13.2 Å². The van der Waals surface area contributed by atoms with Gasteiger partial charge in [-0.05, 0) is 43.0 Å². The van der Waals surface area contributed by atoms with Crippen molar-refractivity contribution < 1.29 is 22.7 Å². The van der Waals surface area contributed by atoms with Gasteiger partial charge in [0.25, 0.3) is 5.91 Å². The van der Waals surface area contributed by atoms with E-state index >= 15 is 0 Å². The summed E-state index contributed by atoms with van der Waals surface area (Å²) in [5, 5.41) is 2.90. The van der Waals surface area contributed by atoms with Crippen LogP contribution in [0.25, 0.3) is 0 Å². The maximum atomic E-state index is 13.3. The highest BCUT2D eigenvalue weighted by Gasteiger charge is 2.37. The summed E-state index contributed by atoms with van der Waals surface area (Å²) in [6.07, 6.45) is 2.40. The number of thiol groups is 1. The molecule has 1 heterocycles. The average Bonchev–Trinajstić information content (AvgIpc) is 2.66. The fraction of sp³-hybridized carbons (Fsp3) is 0.350. The summed E-state index contributed by atoms with van der Waals surface area (Å²) in [5.74, 6) is -4.91. The molecule has 1 aliphatic heterocycles. The van der Waals surface area contributed by atoms with Crippen molar-refractivity contribution in [2.45, 2.75) is 19.3 Å². The van der Waals surface area contributed by atoms with Crippen LogP contribution >= 0.6 is 24.4 Å². The van der Waals surface area contributed by atoms with E-state index in [2.05, 4.69) is 22.9 Å². The van der Waals surface area contributed by atoms with E-state index in [1.165, 1.54) is 6.07 Å². The van der Waals surface area contributed by atoms with Crippen LogP contribution in [0.15, 0.2) is 30.3 Å². The second kappa shape index (κ2) is 9.38. The van der Waals surface area contributed by atoms with Gasteiger partial charge >= 0.3 is 0 Å². The molecule has 4 nitrogen and oxygen atoms in total. The molecule has 0 atom stereocenters. The summed E-state index contributed by atoms with van der Waals surface area (Å²) in [6.45, 7) is 2.09. The van der Waals surface area contributed by atoms with Crippen LogP contribution in [0.2, 0.25) is 5.02 Å². The van der Waals surface area contributed by atoms with E-state index in [-0.39, 0.29) is 16.7 Å². The molecular weight excluding hydrogens is 425 g/mol. The van der Waals surface area contributed by atoms with Crippen molar-refractivity contribution in [2.75, 3.05) is 25.1 Å². The second-order valence-corrected chi connectivity index (χ2v) is 7.89. The quantitative estimate of drug-likeness (QED) is 0.405. The minimum atomic E-state index is -1.58. The summed E-state index contributed by atoms with van der Waals surface area (Å²) in [4.78, 5) is 12.5. The molecule has 2 aromatic carbocycles. The number of carbonyl (C=O) groups is 1. The Morgan fingerprint density at radius 2 is 1.83 bits per heavy atom. The average molecular weight is 445 g/mol. The Morgan fingerprint density at radius 1 is 1.14 bits per heavy atom. The molecule has 1 amide bonds. The van der Waals surface area contributed by atoms with Crippen molar-refractivity contribution in [3.63, 3.8) is 0 Å². The zero-order valence-electron chi connectivity index (χ0n) is 15.4. The highest BCUT2D eigenvalue weighted by molar-refractivity contribution is 7.78. The van der Waals surface area contributed by atoms with E-state index in [0.29, 0.717) is 24.7 Å². The van der Waals surface area contributed by atoms with Crippen molar-refractivity contribution in [3.8, 4) is 0 Å². The molecule has 9 heteroatoms. The lowest BCUT2D eigenvalue weighted by Gasteiger charge is -2.42. The number of hydrogen-bond donors (Lipinski definition) is 3. The first kappa shape index (κ1) is 22.0. The Bertz CT molecular complexity index is 886. The minimum absolute atomic E-state index is 0.0560. The van der Waals surface area contributed by atoms with E-state index in [4.69, 9.17) is 16.3 Å². The largest absolute Gasteiger partial charge is 0.380 e. The molecule has 0 saturated carbocycles. The zero-order valence-corrected chi connectivity index (χ0v) is 17.1. The maximum Gasteiger partial charge on any atom is 0.255 e. The van der Waals surface area contributed by atoms with Crippen LogP contribution in [-0.4, -0.2) is 25.7 Å². The van der Waals surface area contributed by atoms with E-state index in [1.807, 2.05) is 0 Å². The summed E-state index contributed by atoms with van der Waals surface area (Å²) < 4.78 is 48.0. The molecule has 1 aliphatic rings. The molecule has 0 aromatic heterocycles. The van der Waals surface area contributed by atoms with Crippen LogP contribution in [0.3, 0.4) is 0 Å². The van der Waals surface area contributed by atoms with Crippen molar-refractivity contribution in [3.05, 3.63) is 63.9 Å². The number of ether oxygens (including phenoxy) is 1. The smallest absolute Gasteiger partial charge is 0.255 e. The Kier molecular flexibility index (Phi) is 7.10. The Balaban J connectivity index is 1.70. The number of benzene rings is 2. The monoisotopic (exact) mass is 444 g/mol. The van der Waals surface area contributed by atoms with Crippen molar-refractivity contribution in [2.24, 2.45) is 5.41 Å². The predicted molar refractivity (Wildman–Crippen MR) is 109 cm³/mol. The molecule has 2 aromatic rings. The molecule has 1 saturated heterocycles. The van der Waals surface area contributed by atoms with Crippen LogP contribution in [0.1, 0.15) is 28.8 Å². The van der Waals surface area contributed by atoms with E-state index in [0.717, 1.165) is 37.1 Å². The third-order valence-electron chi connectivity index (χ3n) is 5.06. The number of hydrogen-bond acceptors (Lipinski definition) is 4. The van der Waals surface area contributed by atoms with Crippen LogP contribution in [-0.2, 0) is 11.2 Å². The van der Waals surface area contributed by atoms with Crippen molar-refractivity contribution >= 4 is 36.0 Å². The number of rotatable bonds is 8.